The van der Waals surface area contributed by atoms with Crippen molar-refractivity contribution in [2.75, 3.05) is 53.5 Å². The number of halogens is 3. The number of benzene rings is 3. The number of aryl methyl sites for hydroxylation is 1. The van der Waals surface area contributed by atoms with Gasteiger partial charge in [0.15, 0.2) is 11.5 Å². The molecule has 1 fully saturated rings. The van der Waals surface area contributed by atoms with Gasteiger partial charge in [-0.3, -0.25) is 4.79 Å². The van der Waals surface area contributed by atoms with Crippen LogP contribution in [-0.2, 0) is 11.0 Å². The van der Waals surface area contributed by atoms with E-state index in [9.17, 15) is 18.0 Å². The summed E-state index contributed by atoms with van der Waals surface area (Å²) in [4.78, 5) is 26.3. The monoisotopic (exact) mass is 607 g/mol. The largest absolute Gasteiger partial charge is 0.493 e. The van der Waals surface area contributed by atoms with Crippen molar-refractivity contribution < 1.29 is 27.4 Å². The Morgan fingerprint density at radius 1 is 1.00 bits per heavy atom. The number of nitrogens with two attached hydrogens (primary N) is 1. The van der Waals surface area contributed by atoms with Gasteiger partial charge in [0, 0.05) is 49.7 Å². The number of carbonyl (C=O) groups is 1. The smallest absolute Gasteiger partial charge is 0.416 e. The number of hydrogen-bond acceptors (Lipinski definition) is 7. The van der Waals surface area contributed by atoms with Gasteiger partial charge in [-0.15, -0.1) is 0 Å². The molecule has 1 amide bonds. The highest BCUT2D eigenvalue weighted by atomic mass is 19.4. The van der Waals surface area contributed by atoms with Gasteiger partial charge >= 0.3 is 6.18 Å². The number of rotatable bonds is 10. The molecule has 0 aliphatic carbocycles. The van der Waals surface area contributed by atoms with Crippen molar-refractivity contribution in [2.24, 2.45) is 5.73 Å². The number of piperazine rings is 1. The molecule has 5 rings (SSSR count). The van der Waals surface area contributed by atoms with Gasteiger partial charge in [0.05, 0.1) is 36.4 Å². The summed E-state index contributed by atoms with van der Waals surface area (Å²) >= 11 is 0. The first-order valence-electron chi connectivity index (χ1n) is 14.5. The minimum Gasteiger partial charge on any atom is -0.493 e. The molecule has 8 nitrogen and oxygen atoms in total. The van der Waals surface area contributed by atoms with E-state index in [1.165, 1.54) is 18.5 Å². The summed E-state index contributed by atoms with van der Waals surface area (Å²) in [6.07, 6.45) is -2.10. The molecule has 1 unspecified atom stereocenters. The van der Waals surface area contributed by atoms with Crippen LogP contribution in [0.3, 0.4) is 0 Å². The lowest BCUT2D eigenvalue weighted by Crippen LogP contribution is -2.44. The molecule has 0 bridgehead atoms. The van der Waals surface area contributed by atoms with Crippen LogP contribution >= 0.6 is 0 Å². The number of aromatic nitrogens is 2. The van der Waals surface area contributed by atoms with Crippen LogP contribution < -0.4 is 15.2 Å². The number of methoxy groups -OCH3 is 1. The predicted octanol–water partition coefficient (Wildman–Crippen LogP) is 5.27. The zero-order chi connectivity index (χ0) is 31.4. The number of nitrogens with zero attached hydrogens (tertiary/aromatic N) is 4. The third kappa shape index (κ3) is 6.95. The number of amides is 1. The number of carbonyl (C=O) groups excluding carboxylic acids is 1. The van der Waals surface area contributed by atoms with Crippen molar-refractivity contribution in [1.82, 2.24) is 19.8 Å². The molecule has 232 valence electrons. The van der Waals surface area contributed by atoms with Crippen LogP contribution in [0.15, 0.2) is 60.9 Å². The maximum Gasteiger partial charge on any atom is 0.416 e. The highest BCUT2D eigenvalue weighted by Gasteiger charge is 2.31. The molecule has 2 heterocycles. The second-order valence-electron chi connectivity index (χ2n) is 11.1. The van der Waals surface area contributed by atoms with E-state index in [1.54, 1.807) is 13.2 Å². The van der Waals surface area contributed by atoms with Crippen LogP contribution in [-0.4, -0.2) is 79.2 Å². The molecule has 0 spiro atoms. The lowest BCUT2D eigenvalue weighted by atomic mass is 9.86. The summed E-state index contributed by atoms with van der Waals surface area (Å²) in [5.74, 6) is -0.397. The number of ether oxygens (including phenoxy) is 2. The zero-order valence-electron chi connectivity index (χ0n) is 25.0. The molecule has 1 aliphatic rings. The molecule has 1 atom stereocenters. The van der Waals surface area contributed by atoms with E-state index in [0.717, 1.165) is 67.8 Å². The predicted molar refractivity (Wildman–Crippen MR) is 163 cm³/mol. The molecule has 1 aromatic heterocycles. The van der Waals surface area contributed by atoms with Crippen molar-refractivity contribution in [3.63, 3.8) is 0 Å². The van der Waals surface area contributed by atoms with E-state index >= 15 is 0 Å². The summed E-state index contributed by atoms with van der Waals surface area (Å²) in [7, 11) is 3.73. The number of fused-ring (bicyclic) bond motifs is 1. The summed E-state index contributed by atoms with van der Waals surface area (Å²) in [6.45, 7) is 7.63. The second kappa shape index (κ2) is 13.2. The van der Waals surface area contributed by atoms with E-state index < -0.39 is 23.6 Å². The molecular weight excluding hydrogens is 571 g/mol. The fraction of sp³-hybridized carbons (Fsp3) is 0.364. The van der Waals surface area contributed by atoms with Gasteiger partial charge in [-0.2, -0.15) is 13.2 Å². The minimum absolute atomic E-state index is 0.384. The molecule has 1 aliphatic heterocycles. The van der Waals surface area contributed by atoms with Crippen molar-refractivity contribution in [3.05, 3.63) is 83.2 Å². The van der Waals surface area contributed by atoms with Gasteiger partial charge in [-0.1, -0.05) is 24.3 Å². The standard InChI is InChI=1S/C33H36F3N5O3/c1-21-17-23(7-10-25(21)30(32(37)42)22-5-8-24(9-6-22)33(34,35)36)31-26-18-28(43-3)29(19-27(26)38-20-39-31)44-16-4-11-41-14-12-40(2)13-15-41/h5-10,17-20,30H,4,11-16H2,1-3H3,(H2,37,42). The van der Waals surface area contributed by atoms with Crippen molar-refractivity contribution in [2.45, 2.75) is 25.4 Å². The Hall–Kier alpha value is -4.22. The van der Waals surface area contributed by atoms with Gasteiger partial charge in [-0.05, 0) is 61.3 Å². The second-order valence-corrected chi connectivity index (χ2v) is 11.1. The van der Waals surface area contributed by atoms with E-state index in [4.69, 9.17) is 15.2 Å². The number of primary amides is 1. The Bertz CT molecular complexity index is 1620. The van der Waals surface area contributed by atoms with E-state index in [-0.39, 0.29) is 0 Å². The summed E-state index contributed by atoms with van der Waals surface area (Å²) in [5.41, 5.74) is 8.80. The van der Waals surface area contributed by atoms with Gasteiger partial charge in [0.25, 0.3) is 0 Å². The molecule has 3 aromatic carbocycles. The average Bonchev–Trinajstić information content (AvgIpc) is 3.00. The Morgan fingerprint density at radius 3 is 2.36 bits per heavy atom. The van der Waals surface area contributed by atoms with Gasteiger partial charge in [0.2, 0.25) is 5.91 Å². The molecule has 4 aromatic rings. The fourth-order valence-corrected chi connectivity index (χ4v) is 5.62. The van der Waals surface area contributed by atoms with Crippen molar-refractivity contribution in [3.8, 4) is 22.8 Å². The van der Waals surface area contributed by atoms with Crippen LogP contribution in [0.5, 0.6) is 11.5 Å². The molecule has 0 radical (unpaired) electrons. The lowest BCUT2D eigenvalue weighted by Gasteiger charge is -2.32. The Labute approximate surface area is 254 Å². The van der Waals surface area contributed by atoms with Crippen LogP contribution in [0.4, 0.5) is 13.2 Å². The summed E-state index contributed by atoms with van der Waals surface area (Å²) in [6, 6.07) is 13.7. The number of alkyl halides is 3. The lowest BCUT2D eigenvalue weighted by molar-refractivity contribution is -0.137. The first-order chi connectivity index (χ1) is 21.0. The summed E-state index contributed by atoms with van der Waals surface area (Å²) in [5, 5.41) is 0.760. The highest BCUT2D eigenvalue weighted by Crippen LogP contribution is 2.37. The van der Waals surface area contributed by atoms with Gasteiger partial charge < -0.3 is 25.0 Å². The Kier molecular flexibility index (Phi) is 9.36. The molecular formula is C33H36F3N5O3. The molecule has 44 heavy (non-hydrogen) atoms. The first-order valence-corrected chi connectivity index (χ1v) is 14.5. The Morgan fingerprint density at radius 2 is 1.73 bits per heavy atom. The summed E-state index contributed by atoms with van der Waals surface area (Å²) < 4.78 is 51.0. The molecule has 11 heteroatoms. The third-order valence-corrected chi connectivity index (χ3v) is 8.10. The average molecular weight is 608 g/mol. The maximum atomic E-state index is 13.1. The maximum absolute atomic E-state index is 13.1. The minimum atomic E-state index is -4.47. The Balaban J connectivity index is 1.37. The molecule has 0 saturated carbocycles. The number of likely N-dealkylation sites (N-methyl/N-ethyl adjacent to an activating group) is 1. The van der Waals surface area contributed by atoms with Gasteiger partial charge in [-0.25, -0.2) is 9.97 Å². The van der Waals surface area contributed by atoms with Crippen LogP contribution in [0.25, 0.3) is 22.2 Å². The fourth-order valence-electron chi connectivity index (χ4n) is 5.62. The van der Waals surface area contributed by atoms with Crippen LogP contribution in [0.1, 0.15) is 34.6 Å². The van der Waals surface area contributed by atoms with E-state index in [0.29, 0.717) is 40.4 Å². The topological polar surface area (TPSA) is 93.8 Å². The van der Waals surface area contributed by atoms with E-state index in [2.05, 4.69) is 26.8 Å². The highest BCUT2D eigenvalue weighted by molar-refractivity contribution is 5.94. The molecule has 2 N–H and O–H groups in total. The normalized spacial score (nSPS) is 15.3. The quantitative estimate of drug-likeness (QED) is 0.246. The van der Waals surface area contributed by atoms with Crippen LogP contribution in [0, 0.1) is 6.92 Å². The van der Waals surface area contributed by atoms with Crippen molar-refractivity contribution in [1.29, 1.82) is 0 Å². The molecule has 1 saturated heterocycles. The zero-order valence-corrected chi connectivity index (χ0v) is 25.0. The first kappa shape index (κ1) is 31.2. The van der Waals surface area contributed by atoms with Crippen LogP contribution in [0.2, 0.25) is 0 Å². The van der Waals surface area contributed by atoms with Crippen molar-refractivity contribution >= 4 is 16.8 Å². The van der Waals surface area contributed by atoms with E-state index in [1.807, 2.05) is 31.2 Å². The SMILES string of the molecule is COc1cc2c(-c3ccc(C(C(N)=O)c4ccc(C(F)(F)F)cc4)c(C)c3)ncnc2cc1OCCCN1CCN(C)CC1. The number of hydrogen-bond donors (Lipinski definition) is 1. The van der Waals surface area contributed by atoms with Gasteiger partial charge in [0.1, 0.15) is 6.33 Å². The third-order valence-electron chi connectivity index (χ3n) is 8.10.